The molecule has 1 aromatic carbocycles. The molecule has 1 atom stereocenters. The van der Waals surface area contributed by atoms with Crippen LogP contribution in [0.25, 0.3) is 0 Å². The highest BCUT2D eigenvalue weighted by molar-refractivity contribution is 5.36. The number of para-hydroxylation sites is 1. The molecule has 3 nitrogen and oxygen atoms in total. The second-order valence-corrected chi connectivity index (χ2v) is 4.48. The van der Waals surface area contributed by atoms with Crippen LogP contribution in [0.1, 0.15) is 23.6 Å². The molecule has 0 radical (unpaired) electrons. The van der Waals surface area contributed by atoms with E-state index in [4.69, 9.17) is 4.74 Å². The molecule has 2 rings (SSSR count). The van der Waals surface area contributed by atoms with Crippen molar-refractivity contribution in [2.45, 2.75) is 18.9 Å². The minimum absolute atomic E-state index is 0.288. The van der Waals surface area contributed by atoms with Gasteiger partial charge in [0.15, 0.2) is 0 Å². The third-order valence-corrected chi connectivity index (χ3v) is 3.31. The van der Waals surface area contributed by atoms with Gasteiger partial charge in [0, 0.05) is 24.0 Å². The van der Waals surface area contributed by atoms with Crippen LogP contribution < -0.4 is 10.1 Å². The molecule has 0 saturated heterocycles. The van der Waals surface area contributed by atoms with Crippen LogP contribution in [0, 0.1) is 0 Å². The molecule has 3 heteroatoms. The zero-order valence-corrected chi connectivity index (χ0v) is 11.5. The number of nitrogens with zero attached hydrogens (tertiary/aromatic N) is 1. The number of aromatic nitrogens is 1. The largest absolute Gasteiger partial charge is 0.496 e. The lowest BCUT2D eigenvalue weighted by Crippen LogP contribution is -2.18. The third kappa shape index (κ3) is 3.55. The molecule has 1 heterocycles. The summed E-state index contributed by atoms with van der Waals surface area (Å²) in [6.07, 6.45) is 5.74. The predicted molar refractivity (Wildman–Crippen MR) is 77.4 cm³/mol. The van der Waals surface area contributed by atoms with E-state index >= 15 is 0 Å². The Morgan fingerprint density at radius 3 is 2.74 bits per heavy atom. The van der Waals surface area contributed by atoms with Crippen molar-refractivity contribution in [3.05, 3.63) is 59.9 Å². The monoisotopic (exact) mass is 256 g/mol. The summed E-state index contributed by atoms with van der Waals surface area (Å²) in [6, 6.07) is 12.5. The van der Waals surface area contributed by atoms with Gasteiger partial charge in [-0.05, 0) is 37.6 Å². The smallest absolute Gasteiger partial charge is 0.123 e. The Hall–Kier alpha value is -1.87. The first-order chi connectivity index (χ1) is 9.35. The van der Waals surface area contributed by atoms with E-state index in [2.05, 4.69) is 22.4 Å². The summed E-state index contributed by atoms with van der Waals surface area (Å²) in [5.74, 6) is 0.938. The van der Waals surface area contributed by atoms with Crippen LogP contribution in [-0.2, 0) is 6.42 Å². The lowest BCUT2D eigenvalue weighted by atomic mass is 9.99. The SMILES string of the molecule is CNC(CCc1cccnc1)c1ccccc1OC. The zero-order valence-electron chi connectivity index (χ0n) is 11.5. The van der Waals surface area contributed by atoms with Gasteiger partial charge in [-0.25, -0.2) is 0 Å². The number of benzene rings is 1. The number of hydrogen-bond donors (Lipinski definition) is 1. The Bertz CT molecular complexity index is 499. The standard InChI is InChI=1S/C16H20N2O/c1-17-15(10-9-13-6-5-11-18-12-13)14-7-3-4-8-16(14)19-2/h3-8,11-12,15,17H,9-10H2,1-2H3. The molecule has 0 aliphatic carbocycles. The molecular formula is C16H20N2O. The second kappa shape index (κ2) is 6.90. The first kappa shape index (κ1) is 13.6. The van der Waals surface area contributed by atoms with Crippen molar-refractivity contribution in [2.24, 2.45) is 0 Å². The highest BCUT2D eigenvalue weighted by Crippen LogP contribution is 2.27. The van der Waals surface area contributed by atoms with Crippen molar-refractivity contribution < 1.29 is 4.74 Å². The second-order valence-electron chi connectivity index (χ2n) is 4.48. The first-order valence-corrected chi connectivity index (χ1v) is 6.54. The summed E-state index contributed by atoms with van der Waals surface area (Å²) < 4.78 is 5.43. The molecule has 0 amide bonds. The van der Waals surface area contributed by atoms with Crippen LogP contribution in [0.3, 0.4) is 0 Å². The number of ether oxygens (including phenoxy) is 1. The summed E-state index contributed by atoms with van der Waals surface area (Å²) in [7, 11) is 3.70. The van der Waals surface area contributed by atoms with Crippen LogP contribution in [-0.4, -0.2) is 19.1 Å². The molecular weight excluding hydrogens is 236 g/mol. The summed E-state index contributed by atoms with van der Waals surface area (Å²) >= 11 is 0. The van der Waals surface area contributed by atoms with E-state index in [0.717, 1.165) is 18.6 Å². The van der Waals surface area contributed by atoms with Gasteiger partial charge in [-0.1, -0.05) is 24.3 Å². The highest BCUT2D eigenvalue weighted by Gasteiger charge is 2.13. The van der Waals surface area contributed by atoms with Gasteiger partial charge in [-0.15, -0.1) is 0 Å². The molecule has 19 heavy (non-hydrogen) atoms. The molecule has 1 N–H and O–H groups in total. The average Bonchev–Trinajstić information content (AvgIpc) is 2.49. The highest BCUT2D eigenvalue weighted by atomic mass is 16.5. The van der Waals surface area contributed by atoms with Crippen molar-refractivity contribution in [2.75, 3.05) is 14.2 Å². The summed E-state index contributed by atoms with van der Waals surface area (Å²) in [5.41, 5.74) is 2.47. The molecule has 0 aliphatic rings. The van der Waals surface area contributed by atoms with Crippen LogP contribution in [0.5, 0.6) is 5.75 Å². The molecule has 0 aliphatic heterocycles. The minimum Gasteiger partial charge on any atom is -0.496 e. The fourth-order valence-corrected chi connectivity index (χ4v) is 2.27. The maximum Gasteiger partial charge on any atom is 0.123 e. The lowest BCUT2D eigenvalue weighted by molar-refractivity contribution is 0.399. The minimum atomic E-state index is 0.288. The Morgan fingerprint density at radius 2 is 2.05 bits per heavy atom. The van der Waals surface area contributed by atoms with Gasteiger partial charge >= 0.3 is 0 Å². The fraction of sp³-hybridized carbons (Fsp3) is 0.312. The van der Waals surface area contributed by atoms with E-state index in [1.807, 2.05) is 37.5 Å². The lowest BCUT2D eigenvalue weighted by Gasteiger charge is -2.19. The van der Waals surface area contributed by atoms with Crippen LogP contribution in [0.15, 0.2) is 48.8 Å². The number of nitrogens with one attached hydrogen (secondary N) is 1. The number of pyridine rings is 1. The quantitative estimate of drug-likeness (QED) is 0.862. The van der Waals surface area contributed by atoms with Gasteiger partial charge in [0.1, 0.15) is 5.75 Å². The molecule has 0 saturated carbocycles. The van der Waals surface area contributed by atoms with E-state index in [1.54, 1.807) is 13.3 Å². The van der Waals surface area contributed by atoms with Gasteiger partial charge in [-0.3, -0.25) is 4.98 Å². The molecule has 2 aromatic rings. The summed E-state index contributed by atoms with van der Waals surface area (Å²) in [4.78, 5) is 4.15. The van der Waals surface area contributed by atoms with E-state index in [9.17, 15) is 0 Å². The van der Waals surface area contributed by atoms with Gasteiger partial charge in [-0.2, -0.15) is 0 Å². The Morgan fingerprint density at radius 1 is 1.21 bits per heavy atom. The summed E-state index contributed by atoms with van der Waals surface area (Å²) in [6.45, 7) is 0. The predicted octanol–water partition coefficient (Wildman–Crippen LogP) is 2.98. The average molecular weight is 256 g/mol. The van der Waals surface area contributed by atoms with E-state index < -0.39 is 0 Å². The van der Waals surface area contributed by atoms with Gasteiger partial charge in [0.25, 0.3) is 0 Å². The van der Waals surface area contributed by atoms with Crippen LogP contribution >= 0.6 is 0 Å². The first-order valence-electron chi connectivity index (χ1n) is 6.54. The van der Waals surface area contributed by atoms with Crippen molar-refractivity contribution in [3.63, 3.8) is 0 Å². The number of methoxy groups -OCH3 is 1. The Labute approximate surface area is 114 Å². The van der Waals surface area contributed by atoms with Crippen molar-refractivity contribution in [1.29, 1.82) is 0 Å². The fourth-order valence-electron chi connectivity index (χ4n) is 2.27. The van der Waals surface area contributed by atoms with Crippen molar-refractivity contribution in [3.8, 4) is 5.75 Å². The topological polar surface area (TPSA) is 34.2 Å². The van der Waals surface area contributed by atoms with Gasteiger partial charge in [0.05, 0.1) is 7.11 Å². The van der Waals surface area contributed by atoms with Crippen LogP contribution in [0.4, 0.5) is 0 Å². The number of aryl methyl sites for hydroxylation is 1. The Balaban J connectivity index is 2.08. The van der Waals surface area contributed by atoms with Gasteiger partial charge < -0.3 is 10.1 Å². The Kier molecular flexibility index (Phi) is 4.93. The van der Waals surface area contributed by atoms with E-state index in [0.29, 0.717) is 0 Å². The molecule has 0 spiro atoms. The molecule has 0 bridgehead atoms. The van der Waals surface area contributed by atoms with Gasteiger partial charge in [0.2, 0.25) is 0 Å². The van der Waals surface area contributed by atoms with E-state index in [-0.39, 0.29) is 6.04 Å². The van der Waals surface area contributed by atoms with Crippen molar-refractivity contribution >= 4 is 0 Å². The summed E-state index contributed by atoms with van der Waals surface area (Å²) in [5, 5.41) is 3.36. The normalized spacial score (nSPS) is 12.1. The number of hydrogen-bond acceptors (Lipinski definition) is 3. The maximum absolute atomic E-state index is 5.43. The molecule has 100 valence electrons. The number of rotatable bonds is 6. The van der Waals surface area contributed by atoms with Crippen LogP contribution in [0.2, 0.25) is 0 Å². The molecule has 1 aromatic heterocycles. The molecule has 0 fully saturated rings. The maximum atomic E-state index is 5.43. The molecule has 1 unspecified atom stereocenters. The zero-order chi connectivity index (χ0) is 13.5. The third-order valence-electron chi connectivity index (χ3n) is 3.31. The van der Waals surface area contributed by atoms with Crippen molar-refractivity contribution in [1.82, 2.24) is 10.3 Å². The van der Waals surface area contributed by atoms with E-state index in [1.165, 1.54) is 11.1 Å².